The standard InChI is InChI=1S/C18H18O/c1-13-11-12-14-7-5-6-10-16(14)17(13)18(19)15-8-3-2-4-9-15/h2-10,18-19H,11-12H2,1H3. The Hall–Kier alpha value is -1.86. The first-order valence-corrected chi connectivity index (χ1v) is 6.78. The maximum absolute atomic E-state index is 10.7. The lowest BCUT2D eigenvalue weighted by Gasteiger charge is -2.25. The molecule has 1 aliphatic rings. The van der Waals surface area contributed by atoms with Gasteiger partial charge in [0.2, 0.25) is 0 Å². The maximum atomic E-state index is 10.7. The first-order valence-electron chi connectivity index (χ1n) is 6.78. The van der Waals surface area contributed by atoms with Gasteiger partial charge in [0, 0.05) is 0 Å². The number of hydrogen-bond acceptors (Lipinski definition) is 1. The number of allylic oxidation sites excluding steroid dienone is 1. The van der Waals surface area contributed by atoms with E-state index in [1.165, 1.54) is 16.7 Å². The summed E-state index contributed by atoms with van der Waals surface area (Å²) in [6, 6.07) is 18.3. The van der Waals surface area contributed by atoms with Gasteiger partial charge in [-0.05, 0) is 42.0 Å². The minimum atomic E-state index is -0.525. The van der Waals surface area contributed by atoms with Crippen molar-refractivity contribution in [2.75, 3.05) is 0 Å². The van der Waals surface area contributed by atoms with Gasteiger partial charge in [0.1, 0.15) is 6.10 Å². The van der Waals surface area contributed by atoms with Crippen LogP contribution in [0.5, 0.6) is 0 Å². The predicted octanol–water partition coefficient (Wildman–Crippen LogP) is 4.14. The molecule has 0 fully saturated rings. The van der Waals surface area contributed by atoms with E-state index in [0.29, 0.717) is 0 Å². The van der Waals surface area contributed by atoms with Crippen molar-refractivity contribution < 1.29 is 5.11 Å². The van der Waals surface area contributed by atoms with Crippen LogP contribution in [0.4, 0.5) is 0 Å². The second-order valence-electron chi connectivity index (χ2n) is 5.16. The molecular weight excluding hydrogens is 232 g/mol. The molecule has 0 saturated carbocycles. The van der Waals surface area contributed by atoms with E-state index < -0.39 is 6.10 Å². The molecule has 1 atom stereocenters. The average Bonchev–Trinajstić information content (AvgIpc) is 2.47. The van der Waals surface area contributed by atoms with Crippen LogP contribution in [0.2, 0.25) is 0 Å². The Morgan fingerprint density at radius 3 is 2.37 bits per heavy atom. The molecule has 2 aromatic rings. The normalized spacial score (nSPS) is 16.1. The first kappa shape index (κ1) is 12.2. The molecule has 1 heteroatoms. The van der Waals surface area contributed by atoms with Crippen LogP contribution in [-0.2, 0) is 6.42 Å². The van der Waals surface area contributed by atoms with Crippen molar-refractivity contribution in [3.05, 3.63) is 76.9 Å². The molecule has 1 N–H and O–H groups in total. The van der Waals surface area contributed by atoms with Crippen molar-refractivity contribution >= 4 is 5.57 Å². The van der Waals surface area contributed by atoms with Crippen LogP contribution in [-0.4, -0.2) is 5.11 Å². The summed E-state index contributed by atoms with van der Waals surface area (Å²) < 4.78 is 0. The zero-order valence-electron chi connectivity index (χ0n) is 11.1. The smallest absolute Gasteiger partial charge is 0.105 e. The van der Waals surface area contributed by atoms with Crippen LogP contribution in [0.25, 0.3) is 5.57 Å². The quantitative estimate of drug-likeness (QED) is 0.849. The lowest BCUT2D eigenvalue weighted by molar-refractivity contribution is 0.237. The molecule has 1 unspecified atom stereocenters. The molecule has 1 nitrogen and oxygen atoms in total. The maximum Gasteiger partial charge on any atom is 0.105 e. The Morgan fingerprint density at radius 2 is 1.58 bits per heavy atom. The molecule has 0 aromatic heterocycles. The Kier molecular flexibility index (Phi) is 3.22. The van der Waals surface area contributed by atoms with Crippen LogP contribution >= 0.6 is 0 Å². The summed E-state index contributed by atoms with van der Waals surface area (Å²) in [4.78, 5) is 0. The van der Waals surface area contributed by atoms with Gasteiger partial charge >= 0.3 is 0 Å². The number of aryl methyl sites for hydroxylation is 1. The summed E-state index contributed by atoms with van der Waals surface area (Å²) in [6.45, 7) is 2.14. The number of benzene rings is 2. The van der Waals surface area contributed by atoms with Crippen molar-refractivity contribution in [3.63, 3.8) is 0 Å². The van der Waals surface area contributed by atoms with E-state index in [2.05, 4.69) is 31.2 Å². The van der Waals surface area contributed by atoms with Gasteiger partial charge in [0.05, 0.1) is 0 Å². The van der Waals surface area contributed by atoms with Crippen molar-refractivity contribution in [3.8, 4) is 0 Å². The molecule has 0 amide bonds. The number of rotatable bonds is 2. The van der Waals surface area contributed by atoms with Gasteiger partial charge in [-0.1, -0.05) is 60.2 Å². The number of aliphatic hydroxyl groups excluding tert-OH is 1. The molecule has 0 radical (unpaired) electrons. The predicted molar refractivity (Wildman–Crippen MR) is 78.8 cm³/mol. The monoisotopic (exact) mass is 250 g/mol. The average molecular weight is 250 g/mol. The highest BCUT2D eigenvalue weighted by Crippen LogP contribution is 2.39. The van der Waals surface area contributed by atoms with Crippen LogP contribution < -0.4 is 0 Å². The first-order chi connectivity index (χ1) is 9.27. The molecule has 19 heavy (non-hydrogen) atoms. The third kappa shape index (κ3) is 2.22. The fraction of sp³-hybridized carbons (Fsp3) is 0.222. The Bertz CT molecular complexity index is 611. The van der Waals surface area contributed by atoms with Gasteiger partial charge in [0.25, 0.3) is 0 Å². The van der Waals surface area contributed by atoms with E-state index in [0.717, 1.165) is 24.0 Å². The van der Waals surface area contributed by atoms with Crippen LogP contribution in [0.1, 0.15) is 36.1 Å². The Balaban J connectivity index is 2.08. The van der Waals surface area contributed by atoms with E-state index in [4.69, 9.17) is 0 Å². The van der Waals surface area contributed by atoms with Crippen LogP contribution in [0.15, 0.2) is 60.2 Å². The fourth-order valence-electron chi connectivity index (χ4n) is 2.87. The summed E-state index contributed by atoms with van der Waals surface area (Å²) in [7, 11) is 0. The summed E-state index contributed by atoms with van der Waals surface area (Å²) in [5, 5.41) is 10.7. The highest BCUT2D eigenvalue weighted by molar-refractivity contribution is 5.76. The molecule has 0 saturated heterocycles. The zero-order chi connectivity index (χ0) is 13.2. The Labute approximate surface area is 114 Å². The lowest BCUT2D eigenvalue weighted by atomic mass is 9.82. The third-order valence-corrected chi connectivity index (χ3v) is 3.93. The van der Waals surface area contributed by atoms with Crippen molar-refractivity contribution in [2.24, 2.45) is 0 Å². The van der Waals surface area contributed by atoms with E-state index in [9.17, 15) is 5.11 Å². The largest absolute Gasteiger partial charge is 0.384 e. The van der Waals surface area contributed by atoms with Crippen molar-refractivity contribution in [1.82, 2.24) is 0 Å². The zero-order valence-corrected chi connectivity index (χ0v) is 11.1. The minimum absolute atomic E-state index is 0.525. The fourth-order valence-corrected chi connectivity index (χ4v) is 2.87. The molecule has 0 spiro atoms. The van der Waals surface area contributed by atoms with Gasteiger partial charge in [-0.3, -0.25) is 0 Å². The van der Waals surface area contributed by atoms with Gasteiger partial charge < -0.3 is 5.11 Å². The van der Waals surface area contributed by atoms with Crippen molar-refractivity contribution in [2.45, 2.75) is 25.9 Å². The molecule has 0 aliphatic heterocycles. The Morgan fingerprint density at radius 1 is 0.895 bits per heavy atom. The molecule has 0 heterocycles. The second-order valence-corrected chi connectivity index (χ2v) is 5.16. The molecule has 1 aliphatic carbocycles. The summed E-state index contributed by atoms with van der Waals surface area (Å²) >= 11 is 0. The topological polar surface area (TPSA) is 20.2 Å². The van der Waals surface area contributed by atoms with Crippen molar-refractivity contribution in [1.29, 1.82) is 0 Å². The van der Waals surface area contributed by atoms with E-state index >= 15 is 0 Å². The molecule has 2 aromatic carbocycles. The number of aliphatic hydroxyl groups is 1. The molecule has 3 rings (SSSR count). The van der Waals surface area contributed by atoms with Crippen LogP contribution in [0.3, 0.4) is 0 Å². The summed E-state index contributed by atoms with van der Waals surface area (Å²) in [5.41, 5.74) is 5.91. The van der Waals surface area contributed by atoms with Crippen LogP contribution in [0, 0.1) is 0 Å². The summed E-state index contributed by atoms with van der Waals surface area (Å²) in [5.74, 6) is 0. The van der Waals surface area contributed by atoms with Gasteiger partial charge in [-0.2, -0.15) is 0 Å². The SMILES string of the molecule is CC1=C(C(O)c2ccccc2)c2ccccc2CC1. The molecule has 96 valence electrons. The minimum Gasteiger partial charge on any atom is -0.384 e. The van der Waals surface area contributed by atoms with E-state index in [1.807, 2.05) is 30.3 Å². The lowest BCUT2D eigenvalue weighted by Crippen LogP contribution is -2.10. The molecular formula is C18H18O. The number of fused-ring (bicyclic) bond motifs is 1. The van der Waals surface area contributed by atoms with E-state index in [-0.39, 0.29) is 0 Å². The van der Waals surface area contributed by atoms with Gasteiger partial charge in [-0.25, -0.2) is 0 Å². The highest BCUT2D eigenvalue weighted by atomic mass is 16.3. The summed E-state index contributed by atoms with van der Waals surface area (Å²) in [6.07, 6.45) is 1.59. The van der Waals surface area contributed by atoms with E-state index in [1.54, 1.807) is 0 Å². The number of hydrogen-bond donors (Lipinski definition) is 1. The third-order valence-electron chi connectivity index (χ3n) is 3.93. The second kappa shape index (κ2) is 5.02. The highest BCUT2D eigenvalue weighted by Gasteiger charge is 2.22. The molecule has 0 bridgehead atoms. The van der Waals surface area contributed by atoms with Gasteiger partial charge in [0.15, 0.2) is 0 Å². The van der Waals surface area contributed by atoms with Gasteiger partial charge in [-0.15, -0.1) is 0 Å².